The second kappa shape index (κ2) is 9.29. The smallest absolute Gasteiger partial charge is 0.265 e. The van der Waals surface area contributed by atoms with Crippen LogP contribution in [0.25, 0.3) is 11.7 Å². The number of carbonyl (C=O) groups excluding carboxylic acids is 1. The summed E-state index contributed by atoms with van der Waals surface area (Å²) in [7, 11) is -3.97. The van der Waals surface area contributed by atoms with Crippen LogP contribution in [-0.4, -0.2) is 25.1 Å². The van der Waals surface area contributed by atoms with E-state index in [4.69, 9.17) is 8.83 Å². The van der Waals surface area contributed by atoms with Crippen molar-refractivity contribution >= 4 is 33.2 Å². The Morgan fingerprint density at radius 3 is 2.33 bits per heavy atom. The number of furan rings is 1. The lowest BCUT2D eigenvalue weighted by molar-refractivity contribution is -0.113. The number of sulfone groups is 1. The minimum absolute atomic E-state index is 0.0255. The largest absolute Gasteiger partial charge is 0.459 e. The van der Waals surface area contributed by atoms with Crippen LogP contribution in [0.2, 0.25) is 0 Å². The van der Waals surface area contributed by atoms with Gasteiger partial charge in [0.2, 0.25) is 25.9 Å². The molecule has 0 unspecified atom stereocenters. The lowest BCUT2D eigenvalue weighted by Gasteiger charge is -2.07. The summed E-state index contributed by atoms with van der Waals surface area (Å²) in [5.74, 6) is -0.0275. The van der Waals surface area contributed by atoms with E-state index in [2.05, 4.69) is 10.3 Å². The molecule has 0 saturated heterocycles. The fraction of sp³-hybridized carbons (Fsp3) is 0.167. The zero-order chi connectivity index (χ0) is 23.6. The topological polar surface area (TPSA) is 102 Å². The van der Waals surface area contributed by atoms with E-state index in [1.165, 1.54) is 18.4 Å². The first kappa shape index (κ1) is 22.9. The van der Waals surface area contributed by atoms with E-state index in [0.717, 1.165) is 28.5 Å². The number of hydrogen-bond donors (Lipinski definition) is 1. The first-order valence-corrected chi connectivity index (χ1v) is 12.6. The minimum atomic E-state index is -3.97. The molecule has 2 aromatic carbocycles. The van der Waals surface area contributed by atoms with Gasteiger partial charge in [-0.05, 0) is 68.3 Å². The van der Waals surface area contributed by atoms with Crippen molar-refractivity contribution in [2.75, 3.05) is 11.1 Å². The zero-order valence-electron chi connectivity index (χ0n) is 18.3. The molecule has 2 heterocycles. The second-order valence-electron chi connectivity index (χ2n) is 7.62. The highest BCUT2D eigenvalue weighted by Crippen LogP contribution is 2.35. The van der Waals surface area contributed by atoms with Gasteiger partial charge in [-0.2, -0.15) is 4.98 Å². The van der Waals surface area contributed by atoms with Crippen LogP contribution < -0.4 is 5.32 Å². The number of nitrogens with zero attached hydrogens (tertiary/aromatic N) is 1. The second-order valence-corrected chi connectivity index (χ2v) is 10.4. The summed E-state index contributed by atoms with van der Waals surface area (Å²) in [4.78, 5) is 16.8. The lowest BCUT2D eigenvalue weighted by atomic mass is 10.1. The molecule has 0 aliphatic heterocycles. The molecule has 1 N–H and O–H groups in total. The molecule has 170 valence electrons. The summed E-state index contributed by atoms with van der Waals surface area (Å²) in [6.07, 6.45) is 1.44. The van der Waals surface area contributed by atoms with Crippen molar-refractivity contribution < 1.29 is 22.0 Å². The van der Waals surface area contributed by atoms with E-state index in [9.17, 15) is 13.2 Å². The average Bonchev–Trinajstić information content (AvgIpc) is 3.42. The zero-order valence-corrected chi connectivity index (χ0v) is 19.9. The van der Waals surface area contributed by atoms with Crippen molar-refractivity contribution in [3.8, 4) is 11.7 Å². The Kier molecular flexibility index (Phi) is 6.44. The molecule has 0 bridgehead atoms. The van der Waals surface area contributed by atoms with Crippen molar-refractivity contribution in [1.29, 1.82) is 0 Å². The Morgan fingerprint density at radius 2 is 1.70 bits per heavy atom. The van der Waals surface area contributed by atoms with Gasteiger partial charge in [0.05, 0.1) is 16.9 Å². The number of aryl methyl sites for hydroxylation is 3. The third kappa shape index (κ3) is 5.20. The van der Waals surface area contributed by atoms with E-state index >= 15 is 0 Å². The van der Waals surface area contributed by atoms with Gasteiger partial charge in [-0.15, -0.1) is 0 Å². The maximum Gasteiger partial charge on any atom is 0.265 e. The van der Waals surface area contributed by atoms with Crippen LogP contribution in [-0.2, 0) is 14.6 Å². The molecular weight excluding hydrogens is 460 g/mol. The predicted octanol–water partition coefficient (Wildman–Crippen LogP) is 5.42. The standard InChI is InChI=1S/C24H22N2O5S2/c1-15-6-8-19(9-7-15)33(28,29)23-24(31-22(26-23)20-5-4-10-30-20)32-14-21(27)25-18-12-16(2)11-17(3)13-18/h4-13H,14H2,1-3H3,(H,25,27). The highest BCUT2D eigenvalue weighted by atomic mass is 32.2. The number of hydrogen-bond acceptors (Lipinski definition) is 7. The van der Waals surface area contributed by atoms with Crippen molar-refractivity contribution in [2.24, 2.45) is 0 Å². The van der Waals surface area contributed by atoms with Gasteiger partial charge >= 0.3 is 0 Å². The van der Waals surface area contributed by atoms with E-state index in [1.54, 1.807) is 24.3 Å². The van der Waals surface area contributed by atoms with Gasteiger partial charge in [0.15, 0.2) is 5.76 Å². The quantitative estimate of drug-likeness (QED) is 0.351. The summed E-state index contributed by atoms with van der Waals surface area (Å²) in [6.45, 7) is 5.77. The van der Waals surface area contributed by atoms with Gasteiger partial charge in [-0.1, -0.05) is 35.5 Å². The molecule has 0 radical (unpaired) electrons. The van der Waals surface area contributed by atoms with E-state index in [-0.39, 0.29) is 32.6 Å². The Labute approximate surface area is 196 Å². The SMILES string of the molecule is Cc1ccc(S(=O)(=O)c2nc(-c3ccco3)oc2SCC(=O)Nc2cc(C)cc(C)c2)cc1. The number of nitrogens with one attached hydrogen (secondary N) is 1. The van der Waals surface area contributed by atoms with Crippen molar-refractivity contribution in [2.45, 2.75) is 35.8 Å². The van der Waals surface area contributed by atoms with Crippen molar-refractivity contribution in [3.05, 3.63) is 77.6 Å². The maximum absolute atomic E-state index is 13.3. The van der Waals surface area contributed by atoms with Gasteiger partial charge in [0, 0.05) is 5.69 Å². The number of thioether (sulfide) groups is 1. The summed E-state index contributed by atoms with van der Waals surface area (Å²) in [5.41, 5.74) is 3.67. The Hall–Kier alpha value is -3.30. The molecule has 1 amide bonds. The molecule has 2 aromatic heterocycles. The molecule has 4 aromatic rings. The fourth-order valence-electron chi connectivity index (χ4n) is 3.26. The van der Waals surface area contributed by atoms with Crippen LogP contribution in [0.4, 0.5) is 5.69 Å². The van der Waals surface area contributed by atoms with E-state index in [0.29, 0.717) is 11.4 Å². The molecule has 33 heavy (non-hydrogen) atoms. The molecule has 0 aliphatic carbocycles. The van der Waals surface area contributed by atoms with Gasteiger partial charge in [-0.25, -0.2) is 8.42 Å². The van der Waals surface area contributed by atoms with Gasteiger partial charge in [0.1, 0.15) is 0 Å². The number of anilines is 1. The summed E-state index contributed by atoms with van der Waals surface area (Å²) < 4.78 is 37.6. The maximum atomic E-state index is 13.3. The number of benzene rings is 2. The Balaban J connectivity index is 1.61. The first-order chi connectivity index (χ1) is 15.7. The fourth-order valence-corrected chi connectivity index (χ4v) is 5.59. The first-order valence-electron chi connectivity index (χ1n) is 10.1. The summed E-state index contributed by atoms with van der Waals surface area (Å²) in [6, 6.07) is 15.5. The number of oxazole rings is 1. The molecular formula is C24H22N2O5S2. The number of amides is 1. The monoisotopic (exact) mass is 482 g/mol. The van der Waals surface area contributed by atoms with Crippen molar-refractivity contribution in [3.63, 3.8) is 0 Å². The summed E-state index contributed by atoms with van der Waals surface area (Å²) in [5, 5.41) is 2.61. The third-order valence-electron chi connectivity index (χ3n) is 4.72. The number of aromatic nitrogens is 1. The van der Waals surface area contributed by atoms with Crippen molar-refractivity contribution in [1.82, 2.24) is 4.98 Å². The van der Waals surface area contributed by atoms with Crippen LogP contribution in [0.3, 0.4) is 0 Å². The van der Waals surface area contributed by atoms with Crippen LogP contribution in [0.15, 0.2) is 84.7 Å². The molecule has 7 nitrogen and oxygen atoms in total. The van der Waals surface area contributed by atoms with Crippen LogP contribution in [0.1, 0.15) is 16.7 Å². The Morgan fingerprint density at radius 1 is 1.00 bits per heavy atom. The molecule has 9 heteroatoms. The minimum Gasteiger partial charge on any atom is -0.459 e. The molecule has 4 rings (SSSR count). The molecule has 0 fully saturated rings. The number of rotatable bonds is 7. The molecule has 0 aliphatic rings. The van der Waals surface area contributed by atoms with Gasteiger partial charge in [0.25, 0.3) is 5.89 Å². The highest BCUT2D eigenvalue weighted by molar-refractivity contribution is 8.00. The van der Waals surface area contributed by atoms with Gasteiger partial charge < -0.3 is 14.2 Å². The summed E-state index contributed by atoms with van der Waals surface area (Å²) >= 11 is 0.964. The third-order valence-corrected chi connectivity index (χ3v) is 7.48. The normalized spacial score (nSPS) is 11.5. The molecule has 0 spiro atoms. The van der Waals surface area contributed by atoms with Crippen LogP contribution in [0.5, 0.6) is 0 Å². The van der Waals surface area contributed by atoms with Crippen LogP contribution >= 0.6 is 11.8 Å². The predicted molar refractivity (Wildman–Crippen MR) is 126 cm³/mol. The average molecular weight is 483 g/mol. The van der Waals surface area contributed by atoms with Crippen LogP contribution in [0, 0.1) is 20.8 Å². The highest BCUT2D eigenvalue weighted by Gasteiger charge is 2.29. The molecule has 0 atom stereocenters. The Bertz CT molecular complexity index is 1370. The van der Waals surface area contributed by atoms with E-state index < -0.39 is 9.84 Å². The van der Waals surface area contributed by atoms with E-state index in [1.807, 2.05) is 39.0 Å². The molecule has 0 saturated carbocycles. The lowest BCUT2D eigenvalue weighted by Crippen LogP contribution is -2.14. The number of carbonyl (C=O) groups is 1. The van der Waals surface area contributed by atoms with Gasteiger partial charge in [-0.3, -0.25) is 4.79 Å².